The molecule has 0 atom stereocenters. The maximum absolute atomic E-state index is 5.63. The maximum Gasteiger partial charge on any atom is 0.161 e. The maximum atomic E-state index is 5.63. The van der Waals surface area contributed by atoms with Crippen LogP contribution < -0.4 is 11.1 Å². The number of hydrogen-bond acceptors (Lipinski definition) is 4. The lowest BCUT2D eigenvalue weighted by Gasteiger charge is -2.12. The third-order valence-electron chi connectivity index (χ3n) is 4.38. The van der Waals surface area contributed by atoms with E-state index in [1.807, 2.05) is 0 Å². The van der Waals surface area contributed by atoms with Crippen LogP contribution in [0.5, 0.6) is 0 Å². The highest BCUT2D eigenvalue weighted by molar-refractivity contribution is 5.86. The van der Waals surface area contributed by atoms with Crippen LogP contribution in [0.4, 0.5) is 5.82 Å². The Bertz CT molecular complexity index is 857. The van der Waals surface area contributed by atoms with E-state index in [2.05, 4.69) is 47.8 Å². The Labute approximate surface area is 135 Å². The summed E-state index contributed by atoms with van der Waals surface area (Å²) in [5.74, 6) is 1.76. The topological polar surface area (TPSA) is 63.8 Å². The summed E-state index contributed by atoms with van der Waals surface area (Å²) in [4.78, 5) is 9.60. The number of aromatic nitrogens is 2. The molecule has 0 amide bonds. The first-order chi connectivity index (χ1) is 11.3. The molecule has 4 rings (SSSR count). The molecule has 1 heterocycles. The number of nitrogens with two attached hydrogens (primary N) is 1. The zero-order valence-corrected chi connectivity index (χ0v) is 13.0. The molecule has 3 aromatic rings. The molecule has 1 aliphatic rings. The van der Waals surface area contributed by atoms with E-state index in [9.17, 15) is 0 Å². The number of nitrogens with zero attached hydrogens (tertiary/aromatic N) is 2. The second-order valence-corrected chi connectivity index (χ2v) is 5.95. The molecule has 4 nitrogen and oxygen atoms in total. The van der Waals surface area contributed by atoms with Gasteiger partial charge in [-0.15, -0.1) is 0 Å². The van der Waals surface area contributed by atoms with Crippen molar-refractivity contribution in [3.05, 3.63) is 53.7 Å². The molecular weight excluding hydrogens is 284 g/mol. The molecule has 116 valence electrons. The highest BCUT2D eigenvalue weighted by Crippen LogP contribution is 2.30. The molecule has 1 aliphatic carbocycles. The molecule has 0 fully saturated rings. The number of benzene rings is 2. The molecule has 0 bridgehead atoms. The Morgan fingerprint density at radius 1 is 1.00 bits per heavy atom. The first-order valence-corrected chi connectivity index (χ1v) is 8.18. The first kappa shape index (κ1) is 14.2. The third kappa shape index (κ3) is 2.66. The van der Waals surface area contributed by atoms with E-state index in [0.29, 0.717) is 6.54 Å². The number of rotatable bonds is 4. The lowest BCUT2D eigenvalue weighted by Crippen LogP contribution is -2.16. The minimum atomic E-state index is 0.601. The van der Waals surface area contributed by atoms with Crippen LogP contribution in [0.2, 0.25) is 0 Å². The summed E-state index contributed by atoms with van der Waals surface area (Å²) in [6.07, 6.45) is 3.25. The van der Waals surface area contributed by atoms with Gasteiger partial charge >= 0.3 is 0 Å². The highest BCUT2D eigenvalue weighted by atomic mass is 15.0. The van der Waals surface area contributed by atoms with E-state index in [1.54, 1.807) is 0 Å². The summed E-state index contributed by atoms with van der Waals surface area (Å²) in [7, 11) is 0. The van der Waals surface area contributed by atoms with E-state index in [1.165, 1.54) is 22.0 Å². The van der Waals surface area contributed by atoms with Gasteiger partial charge in [0, 0.05) is 29.9 Å². The van der Waals surface area contributed by atoms with Crippen LogP contribution in [-0.2, 0) is 12.8 Å². The fraction of sp³-hybridized carbons (Fsp3) is 0.263. The minimum Gasteiger partial charge on any atom is -0.368 e. The third-order valence-corrected chi connectivity index (χ3v) is 4.38. The Morgan fingerprint density at radius 3 is 2.74 bits per heavy atom. The molecular formula is C19H20N4. The fourth-order valence-electron chi connectivity index (χ4n) is 3.23. The van der Waals surface area contributed by atoms with Gasteiger partial charge in [-0.05, 0) is 36.1 Å². The van der Waals surface area contributed by atoms with Crippen LogP contribution in [0.15, 0.2) is 42.5 Å². The van der Waals surface area contributed by atoms with E-state index in [-0.39, 0.29) is 0 Å². The van der Waals surface area contributed by atoms with Gasteiger partial charge in [0.25, 0.3) is 0 Å². The van der Waals surface area contributed by atoms with Gasteiger partial charge in [0.15, 0.2) is 5.82 Å². The highest BCUT2D eigenvalue weighted by Gasteiger charge is 2.19. The van der Waals surface area contributed by atoms with Gasteiger partial charge in [-0.1, -0.05) is 36.4 Å². The van der Waals surface area contributed by atoms with Gasteiger partial charge in [-0.25, -0.2) is 9.97 Å². The predicted octanol–water partition coefficient (Wildman–Crippen LogP) is 3.16. The quantitative estimate of drug-likeness (QED) is 0.777. The number of anilines is 1. The van der Waals surface area contributed by atoms with Crippen molar-refractivity contribution in [2.75, 3.05) is 18.4 Å². The molecule has 0 saturated carbocycles. The van der Waals surface area contributed by atoms with Crippen molar-refractivity contribution in [2.24, 2.45) is 5.73 Å². The minimum absolute atomic E-state index is 0.601. The summed E-state index contributed by atoms with van der Waals surface area (Å²) in [6, 6.07) is 14.8. The van der Waals surface area contributed by atoms with Gasteiger partial charge in [-0.2, -0.15) is 0 Å². The van der Waals surface area contributed by atoms with E-state index in [4.69, 9.17) is 15.7 Å². The van der Waals surface area contributed by atoms with Gasteiger partial charge in [0.05, 0.1) is 0 Å². The molecule has 0 saturated heterocycles. The molecule has 23 heavy (non-hydrogen) atoms. The predicted molar refractivity (Wildman–Crippen MR) is 94.5 cm³/mol. The number of fused-ring (bicyclic) bond motifs is 2. The number of hydrogen-bond donors (Lipinski definition) is 2. The molecule has 3 N–H and O–H groups in total. The van der Waals surface area contributed by atoms with Gasteiger partial charge in [-0.3, -0.25) is 0 Å². The smallest absolute Gasteiger partial charge is 0.161 e. The molecule has 0 radical (unpaired) electrons. The van der Waals surface area contributed by atoms with Crippen LogP contribution in [0, 0.1) is 0 Å². The summed E-state index contributed by atoms with van der Waals surface area (Å²) < 4.78 is 0. The van der Waals surface area contributed by atoms with Crippen molar-refractivity contribution < 1.29 is 0 Å². The molecule has 0 spiro atoms. The van der Waals surface area contributed by atoms with Crippen molar-refractivity contribution in [1.82, 2.24) is 9.97 Å². The lowest BCUT2D eigenvalue weighted by molar-refractivity contribution is 0.899. The second-order valence-electron chi connectivity index (χ2n) is 5.95. The Kier molecular flexibility index (Phi) is 3.67. The summed E-state index contributed by atoms with van der Waals surface area (Å²) in [5.41, 5.74) is 9.14. The SMILES string of the molecule is NCCNc1nc(-c2ccc3ccccc3c2)nc2c1CCC2. The molecule has 4 heteroatoms. The standard InChI is InChI=1S/C19H20N4/c20-10-11-21-19-16-6-3-7-17(16)22-18(23-19)15-9-8-13-4-1-2-5-14(13)12-15/h1-2,4-5,8-9,12H,3,6-7,10-11,20H2,(H,21,22,23). The van der Waals surface area contributed by atoms with E-state index < -0.39 is 0 Å². The van der Waals surface area contributed by atoms with Crippen molar-refractivity contribution in [3.8, 4) is 11.4 Å². The van der Waals surface area contributed by atoms with Gasteiger partial charge in [0.2, 0.25) is 0 Å². The van der Waals surface area contributed by atoms with Crippen LogP contribution in [0.3, 0.4) is 0 Å². The Morgan fingerprint density at radius 2 is 1.87 bits per heavy atom. The van der Waals surface area contributed by atoms with Gasteiger partial charge in [0.1, 0.15) is 5.82 Å². The van der Waals surface area contributed by atoms with Crippen LogP contribution >= 0.6 is 0 Å². The van der Waals surface area contributed by atoms with Gasteiger partial charge < -0.3 is 11.1 Å². The molecule has 2 aromatic carbocycles. The Balaban J connectivity index is 1.80. The second kappa shape index (κ2) is 5.97. The zero-order valence-electron chi connectivity index (χ0n) is 13.0. The zero-order chi connectivity index (χ0) is 15.6. The van der Waals surface area contributed by atoms with Crippen LogP contribution in [0.1, 0.15) is 17.7 Å². The van der Waals surface area contributed by atoms with Crippen LogP contribution in [-0.4, -0.2) is 23.1 Å². The normalized spacial score (nSPS) is 13.3. The average molecular weight is 304 g/mol. The summed E-state index contributed by atoms with van der Waals surface area (Å²) in [5, 5.41) is 5.81. The van der Waals surface area contributed by atoms with Crippen molar-refractivity contribution in [2.45, 2.75) is 19.3 Å². The monoisotopic (exact) mass is 304 g/mol. The number of aryl methyl sites for hydroxylation is 1. The molecule has 0 aliphatic heterocycles. The molecule has 0 unspecified atom stereocenters. The average Bonchev–Trinajstić information content (AvgIpc) is 3.08. The fourth-order valence-corrected chi connectivity index (χ4v) is 3.23. The van der Waals surface area contributed by atoms with Crippen molar-refractivity contribution in [1.29, 1.82) is 0 Å². The summed E-state index contributed by atoms with van der Waals surface area (Å²) >= 11 is 0. The van der Waals surface area contributed by atoms with E-state index >= 15 is 0 Å². The van der Waals surface area contributed by atoms with Crippen molar-refractivity contribution >= 4 is 16.6 Å². The number of nitrogens with one attached hydrogen (secondary N) is 1. The Hall–Kier alpha value is -2.46. The molecule has 1 aromatic heterocycles. The lowest BCUT2D eigenvalue weighted by atomic mass is 10.1. The summed E-state index contributed by atoms with van der Waals surface area (Å²) in [6.45, 7) is 1.34. The van der Waals surface area contributed by atoms with Crippen molar-refractivity contribution in [3.63, 3.8) is 0 Å². The van der Waals surface area contributed by atoms with Crippen LogP contribution in [0.25, 0.3) is 22.2 Å². The first-order valence-electron chi connectivity index (χ1n) is 8.18. The van der Waals surface area contributed by atoms with E-state index in [0.717, 1.165) is 43.0 Å². The largest absolute Gasteiger partial charge is 0.368 e.